The van der Waals surface area contributed by atoms with Crippen molar-refractivity contribution in [2.45, 2.75) is 13.3 Å². The highest BCUT2D eigenvalue weighted by molar-refractivity contribution is 6.31. The van der Waals surface area contributed by atoms with Gasteiger partial charge < -0.3 is 4.74 Å². The van der Waals surface area contributed by atoms with Gasteiger partial charge in [0.05, 0.1) is 12.1 Å². The van der Waals surface area contributed by atoms with Gasteiger partial charge in [0.2, 0.25) is 0 Å². The quantitative estimate of drug-likeness (QED) is 0.539. The van der Waals surface area contributed by atoms with Crippen molar-refractivity contribution in [3.8, 4) is 11.8 Å². The standard InChI is InChI=1S/C12H11ClO2/c1-9-6-7-11(13)10(8-9)4-3-5-12(14)15-2/h6-8H,5H2,1-2H3. The number of carbonyl (C=O) groups excluding carboxylic acids is 1. The summed E-state index contributed by atoms with van der Waals surface area (Å²) in [5.41, 5.74) is 1.82. The van der Waals surface area contributed by atoms with Crippen LogP contribution in [0, 0.1) is 18.8 Å². The van der Waals surface area contributed by atoms with Crippen LogP contribution < -0.4 is 0 Å². The first-order valence-electron chi connectivity index (χ1n) is 4.45. The zero-order valence-electron chi connectivity index (χ0n) is 8.63. The maximum absolute atomic E-state index is 10.8. The normalized spacial score (nSPS) is 9.00. The van der Waals surface area contributed by atoms with Crippen molar-refractivity contribution in [2.75, 3.05) is 7.11 Å². The van der Waals surface area contributed by atoms with Crippen LogP contribution in [0.15, 0.2) is 18.2 Å². The summed E-state index contributed by atoms with van der Waals surface area (Å²) in [5.74, 6) is 5.21. The van der Waals surface area contributed by atoms with Gasteiger partial charge >= 0.3 is 5.97 Å². The zero-order chi connectivity index (χ0) is 11.3. The Morgan fingerprint density at radius 2 is 2.27 bits per heavy atom. The molecule has 15 heavy (non-hydrogen) atoms. The number of hydrogen-bond donors (Lipinski definition) is 0. The number of rotatable bonds is 1. The van der Waals surface area contributed by atoms with Gasteiger partial charge in [0.25, 0.3) is 0 Å². The van der Waals surface area contributed by atoms with Crippen molar-refractivity contribution in [3.05, 3.63) is 34.3 Å². The van der Waals surface area contributed by atoms with Crippen LogP contribution in [0.5, 0.6) is 0 Å². The fraction of sp³-hybridized carbons (Fsp3) is 0.250. The van der Waals surface area contributed by atoms with Crippen LogP contribution in [0.2, 0.25) is 5.02 Å². The van der Waals surface area contributed by atoms with Crippen LogP contribution in [0.25, 0.3) is 0 Å². The van der Waals surface area contributed by atoms with Gasteiger partial charge in [-0.3, -0.25) is 4.79 Å². The third kappa shape index (κ3) is 3.65. The smallest absolute Gasteiger partial charge is 0.317 e. The molecule has 0 radical (unpaired) electrons. The summed E-state index contributed by atoms with van der Waals surface area (Å²) in [6.45, 7) is 1.96. The molecule has 3 heteroatoms. The van der Waals surface area contributed by atoms with Gasteiger partial charge in [0.1, 0.15) is 6.42 Å². The number of aryl methyl sites for hydroxylation is 1. The molecule has 0 unspecified atom stereocenters. The molecule has 0 aliphatic carbocycles. The number of benzene rings is 1. The lowest BCUT2D eigenvalue weighted by Gasteiger charge is -1.97. The maximum Gasteiger partial charge on any atom is 0.317 e. The van der Waals surface area contributed by atoms with Crippen LogP contribution >= 0.6 is 11.6 Å². The summed E-state index contributed by atoms with van der Waals surface area (Å²) in [5, 5.41) is 0.595. The first-order valence-corrected chi connectivity index (χ1v) is 4.83. The Bertz CT molecular complexity index is 427. The van der Waals surface area contributed by atoms with Gasteiger partial charge in [-0.05, 0) is 24.6 Å². The summed E-state index contributed by atoms with van der Waals surface area (Å²) in [4.78, 5) is 10.8. The van der Waals surface area contributed by atoms with E-state index in [0.717, 1.165) is 11.1 Å². The topological polar surface area (TPSA) is 26.3 Å². The van der Waals surface area contributed by atoms with Gasteiger partial charge in [0, 0.05) is 5.56 Å². The minimum Gasteiger partial charge on any atom is -0.468 e. The minimum absolute atomic E-state index is 0.0841. The molecule has 0 atom stereocenters. The molecule has 0 aliphatic heterocycles. The molecule has 0 fully saturated rings. The molecule has 78 valence electrons. The molecule has 0 heterocycles. The van der Waals surface area contributed by atoms with Gasteiger partial charge in [-0.1, -0.05) is 29.5 Å². The van der Waals surface area contributed by atoms with Gasteiger partial charge in [-0.2, -0.15) is 0 Å². The average molecular weight is 223 g/mol. The average Bonchev–Trinajstić information content (AvgIpc) is 2.23. The second kappa shape index (κ2) is 5.43. The van der Waals surface area contributed by atoms with Crippen LogP contribution in [0.3, 0.4) is 0 Å². The Hall–Kier alpha value is -1.46. The van der Waals surface area contributed by atoms with E-state index in [4.69, 9.17) is 11.6 Å². The van der Waals surface area contributed by atoms with E-state index in [-0.39, 0.29) is 12.4 Å². The molecular weight excluding hydrogens is 212 g/mol. The van der Waals surface area contributed by atoms with Crippen molar-refractivity contribution in [1.29, 1.82) is 0 Å². The fourth-order valence-corrected chi connectivity index (χ4v) is 1.18. The van der Waals surface area contributed by atoms with Crippen LogP contribution in [0.4, 0.5) is 0 Å². The van der Waals surface area contributed by atoms with E-state index in [0.29, 0.717) is 5.02 Å². The molecule has 1 aromatic carbocycles. The number of ether oxygens (including phenoxy) is 1. The largest absolute Gasteiger partial charge is 0.468 e. The van der Waals surface area contributed by atoms with E-state index in [9.17, 15) is 4.79 Å². The Morgan fingerprint density at radius 3 is 2.93 bits per heavy atom. The van der Waals surface area contributed by atoms with Crippen molar-refractivity contribution in [1.82, 2.24) is 0 Å². The van der Waals surface area contributed by atoms with E-state index in [1.54, 1.807) is 6.07 Å². The summed E-state index contributed by atoms with van der Waals surface area (Å²) < 4.78 is 4.47. The number of methoxy groups -OCH3 is 1. The maximum atomic E-state index is 10.8. The summed E-state index contributed by atoms with van der Waals surface area (Å²) in [6, 6.07) is 5.58. The van der Waals surface area contributed by atoms with E-state index in [1.807, 2.05) is 19.1 Å². The molecule has 2 nitrogen and oxygen atoms in total. The highest BCUT2D eigenvalue weighted by Crippen LogP contribution is 2.15. The zero-order valence-corrected chi connectivity index (χ0v) is 9.39. The Labute approximate surface area is 94.2 Å². The van der Waals surface area contributed by atoms with E-state index in [1.165, 1.54) is 7.11 Å². The fourth-order valence-electron chi connectivity index (χ4n) is 1.02. The highest BCUT2D eigenvalue weighted by atomic mass is 35.5. The van der Waals surface area contributed by atoms with Crippen molar-refractivity contribution in [2.24, 2.45) is 0 Å². The predicted octanol–water partition coefficient (Wildman–Crippen LogP) is 2.56. The minimum atomic E-state index is -0.341. The number of carbonyl (C=O) groups is 1. The van der Waals surface area contributed by atoms with Crippen LogP contribution in [-0.2, 0) is 9.53 Å². The third-order valence-electron chi connectivity index (χ3n) is 1.81. The molecule has 0 aromatic heterocycles. The third-order valence-corrected chi connectivity index (χ3v) is 2.13. The second-order valence-electron chi connectivity index (χ2n) is 3.04. The molecule has 0 spiro atoms. The SMILES string of the molecule is COC(=O)CC#Cc1cc(C)ccc1Cl. The first-order chi connectivity index (χ1) is 7.13. The summed E-state index contributed by atoms with van der Waals surface area (Å²) in [7, 11) is 1.34. The Balaban J connectivity index is 2.79. The molecular formula is C12H11ClO2. The van der Waals surface area contributed by atoms with Gasteiger partial charge in [-0.15, -0.1) is 0 Å². The second-order valence-corrected chi connectivity index (χ2v) is 3.45. The molecule has 0 saturated carbocycles. The van der Waals surface area contributed by atoms with Crippen molar-refractivity contribution in [3.63, 3.8) is 0 Å². The number of hydrogen-bond acceptors (Lipinski definition) is 2. The Kier molecular flexibility index (Phi) is 4.20. The Morgan fingerprint density at radius 1 is 1.53 bits per heavy atom. The van der Waals surface area contributed by atoms with Crippen LogP contribution in [0.1, 0.15) is 17.5 Å². The van der Waals surface area contributed by atoms with Crippen molar-refractivity contribution < 1.29 is 9.53 Å². The van der Waals surface area contributed by atoms with Crippen LogP contribution in [-0.4, -0.2) is 13.1 Å². The number of esters is 1. The lowest BCUT2D eigenvalue weighted by atomic mass is 10.1. The molecule has 1 rings (SSSR count). The van der Waals surface area contributed by atoms with Crippen molar-refractivity contribution >= 4 is 17.6 Å². The lowest BCUT2D eigenvalue weighted by molar-refractivity contribution is -0.139. The van der Waals surface area contributed by atoms with E-state index in [2.05, 4.69) is 16.6 Å². The predicted molar refractivity (Wildman–Crippen MR) is 59.7 cm³/mol. The molecule has 1 aromatic rings. The molecule has 0 aliphatic rings. The molecule has 0 N–H and O–H groups in total. The van der Waals surface area contributed by atoms with Gasteiger partial charge in [-0.25, -0.2) is 0 Å². The summed E-state index contributed by atoms with van der Waals surface area (Å²) >= 11 is 5.93. The summed E-state index contributed by atoms with van der Waals surface area (Å²) in [6.07, 6.45) is 0.0841. The monoisotopic (exact) mass is 222 g/mol. The van der Waals surface area contributed by atoms with E-state index < -0.39 is 0 Å². The molecule has 0 saturated heterocycles. The lowest BCUT2D eigenvalue weighted by Crippen LogP contribution is -1.97. The van der Waals surface area contributed by atoms with E-state index >= 15 is 0 Å². The van der Waals surface area contributed by atoms with Gasteiger partial charge in [0.15, 0.2) is 0 Å². The highest BCUT2D eigenvalue weighted by Gasteiger charge is 1.97. The first kappa shape index (κ1) is 11.6. The molecule has 0 bridgehead atoms. The molecule has 0 amide bonds. The number of halogens is 1.